The average Bonchev–Trinajstić information content (AvgIpc) is 3.42. The van der Waals surface area contributed by atoms with Crippen molar-refractivity contribution >= 4 is 5.91 Å². The van der Waals surface area contributed by atoms with Crippen molar-refractivity contribution in [3.8, 4) is 0 Å². The number of likely N-dealkylation sites (tertiary alicyclic amines) is 1. The van der Waals surface area contributed by atoms with Crippen molar-refractivity contribution < 1.29 is 14.6 Å². The van der Waals surface area contributed by atoms with Gasteiger partial charge in [-0.05, 0) is 32.1 Å². The first kappa shape index (κ1) is 19.9. The Kier molecular flexibility index (Phi) is 6.04. The van der Waals surface area contributed by atoms with Crippen molar-refractivity contribution in [2.24, 2.45) is 5.92 Å². The van der Waals surface area contributed by atoms with E-state index in [1.54, 1.807) is 0 Å². The van der Waals surface area contributed by atoms with Gasteiger partial charge in [-0.2, -0.15) is 0 Å². The molecule has 1 aromatic heterocycles. The molecule has 1 saturated carbocycles. The van der Waals surface area contributed by atoms with Crippen molar-refractivity contribution in [1.29, 1.82) is 0 Å². The van der Waals surface area contributed by atoms with Crippen LogP contribution in [0.2, 0.25) is 0 Å². The first-order valence-electron chi connectivity index (χ1n) is 10.9. The van der Waals surface area contributed by atoms with Crippen LogP contribution >= 0.6 is 0 Å². The number of aliphatic hydroxyl groups excluding tert-OH is 1. The lowest BCUT2D eigenvalue weighted by Crippen LogP contribution is -2.43. The molecule has 0 bridgehead atoms. The van der Waals surface area contributed by atoms with Crippen molar-refractivity contribution in [1.82, 2.24) is 20.2 Å². The summed E-state index contributed by atoms with van der Waals surface area (Å²) in [6, 6.07) is 0.441. The summed E-state index contributed by atoms with van der Waals surface area (Å²) in [5, 5.41) is 15.0. The molecule has 7 heteroatoms. The van der Waals surface area contributed by atoms with Crippen molar-refractivity contribution in [2.45, 2.75) is 76.0 Å². The minimum atomic E-state index is -0.689. The van der Waals surface area contributed by atoms with Gasteiger partial charge in [-0.25, -0.2) is 4.98 Å². The number of aromatic nitrogens is 2. The van der Waals surface area contributed by atoms with E-state index in [-0.39, 0.29) is 23.8 Å². The topological polar surface area (TPSA) is 90.5 Å². The molecule has 3 N–H and O–H groups in total. The van der Waals surface area contributed by atoms with Gasteiger partial charge in [0.05, 0.1) is 12.0 Å². The molecule has 3 fully saturated rings. The number of rotatable bonds is 5. The second kappa shape index (κ2) is 8.51. The summed E-state index contributed by atoms with van der Waals surface area (Å²) in [7, 11) is 0. The predicted molar refractivity (Wildman–Crippen MR) is 106 cm³/mol. The van der Waals surface area contributed by atoms with Gasteiger partial charge in [0.15, 0.2) is 0 Å². The van der Waals surface area contributed by atoms with Crippen LogP contribution in [0.1, 0.15) is 69.3 Å². The van der Waals surface area contributed by atoms with Gasteiger partial charge in [-0.3, -0.25) is 4.79 Å². The Hall–Kier alpha value is -1.44. The maximum atomic E-state index is 13.1. The number of nitrogens with one attached hydrogen (secondary N) is 2. The Bertz CT molecular complexity index is 664. The molecule has 3 heterocycles. The van der Waals surface area contributed by atoms with E-state index in [9.17, 15) is 9.90 Å². The molecule has 7 nitrogen and oxygen atoms in total. The number of hydrogen-bond donors (Lipinski definition) is 3. The molecule has 1 aliphatic carbocycles. The molecule has 4 atom stereocenters. The van der Waals surface area contributed by atoms with E-state index >= 15 is 0 Å². The van der Waals surface area contributed by atoms with Gasteiger partial charge >= 0.3 is 0 Å². The molecular formula is C21H34N4O3. The molecule has 0 aromatic carbocycles. The molecule has 1 amide bonds. The van der Waals surface area contributed by atoms with E-state index in [1.165, 1.54) is 0 Å². The summed E-state index contributed by atoms with van der Waals surface area (Å²) >= 11 is 0. The number of ether oxygens (including phenoxy) is 1. The number of H-pyrrole nitrogens is 1. The van der Waals surface area contributed by atoms with Crippen LogP contribution in [0, 0.1) is 5.92 Å². The molecule has 2 saturated heterocycles. The second-order valence-corrected chi connectivity index (χ2v) is 8.93. The van der Waals surface area contributed by atoms with Crippen molar-refractivity contribution in [3.05, 3.63) is 17.7 Å². The first-order valence-corrected chi connectivity index (χ1v) is 10.9. The first-order chi connectivity index (χ1) is 13.5. The zero-order valence-corrected chi connectivity index (χ0v) is 17.1. The number of nitrogens with zero attached hydrogens (tertiary/aromatic N) is 2. The Morgan fingerprint density at radius 3 is 2.68 bits per heavy atom. The maximum absolute atomic E-state index is 13.1. The van der Waals surface area contributed by atoms with E-state index < -0.39 is 6.10 Å². The van der Waals surface area contributed by atoms with Crippen LogP contribution in [0.3, 0.4) is 0 Å². The molecule has 2 aliphatic heterocycles. The standard InChI is InChI=1S/C21H34N4O3/c1-13(2)20-22-12-17(24-20)18-16(23-14-5-9-28-10-6-14)11-15(19(18)26)21(27)25-7-3-4-8-25/h12-16,18-19,23,26H,3-11H2,1-2H3,(H,22,24)/t15-,16+,18+,19+/m0/s1. The number of aliphatic hydroxyl groups is 1. The number of carbonyl (C=O) groups is 1. The Labute approximate surface area is 167 Å². The van der Waals surface area contributed by atoms with Gasteiger partial charge in [0, 0.05) is 62.1 Å². The summed E-state index contributed by atoms with van der Waals surface area (Å²) in [6.45, 7) is 7.40. The number of amides is 1. The van der Waals surface area contributed by atoms with Crippen molar-refractivity contribution in [2.75, 3.05) is 26.3 Å². The summed E-state index contributed by atoms with van der Waals surface area (Å²) in [5.74, 6) is 0.873. The van der Waals surface area contributed by atoms with Gasteiger partial charge in [0.25, 0.3) is 0 Å². The van der Waals surface area contributed by atoms with E-state index in [0.717, 1.165) is 63.5 Å². The number of imidazole rings is 1. The number of carbonyl (C=O) groups excluding carboxylic acids is 1. The van der Waals surface area contributed by atoms with Crippen LogP contribution in [0.5, 0.6) is 0 Å². The Morgan fingerprint density at radius 1 is 1.32 bits per heavy atom. The molecule has 0 radical (unpaired) electrons. The molecule has 4 rings (SSSR count). The largest absolute Gasteiger partial charge is 0.392 e. The highest BCUT2D eigenvalue weighted by Gasteiger charge is 2.48. The fraction of sp³-hybridized carbons (Fsp3) is 0.810. The molecule has 1 aromatic rings. The van der Waals surface area contributed by atoms with Gasteiger partial charge in [0.2, 0.25) is 5.91 Å². The third-order valence-corrected chi connectivity index (χ3v) is 6.65. The van der Waals surface area contributed by atoms with Gasteiger partial charge in [-0.15, -0.1) is 0 Å². The van der Waals surface area contributed by atoms with Crippen LogP contribution in [0.15, 0.2) is 6.20 Å². The average molecular weight is 391 g/mol. The smallest absolute Gasteiger partial charge is 0.228 e. The van der Waals surface area contributed by atoms with E-state index in [4.69, 9.17) is 4.74 Å². The minimum Gasteiger partial charge on any atom is -0.392 e. The highest BCUT2D eigenvalue weighted by Crippen LogP contribution is 2.40. The summed E-state index contributed by atoms with van der Waals surface area (Å²) in [6.07, 6.45) is 5.93. The maximum Gasteiger partial charge on any atom is 0.228 e. The quantitative estimate of drug-likeness (QED) is 0.713. The number of hydrogen-bond acceptors (Lipinski definition) is 5. The lowest BCUT2D eigenvalue weighted by atomic mass is 9.95. The predicted octanol–water partition coefficient (Wildman–Crippen LogP) is 1.76. The summed E-state index contributed by atoms with van der Waals surface area (Å²) in [4.78, 5) is 23.0. The molecule has 3 aliphatic rings. The zero-order chi connectivity index (χ0) is 19.7. The third kappa shape index (κ3) is 3.98. The molecule has 28 heavy (non-hydrogen) atoms. The Balaban J connectivity index is 1.55. The number of aromatic amines is 1. The molecule has 0 unspecified atom stereocenters. The van der Waals surface area contributed by atoms with Gasteiger partial charge in [0.1, 0.15) is 5.82 Å². The summed E-state index contributed by atoms with van der Waals surface area (Å²) < 4.78 is 5.49. The van der Waals surface area contributed by atoms with Crippen LogP contribution in [0.25, 0.3) is 0 Å². The second-order valence-electron chi connectivity index (χ2n) is 8.93. The monoisotopic (exact) mass is 390 g/mol. The normalized spacial score (nSPS) is 31.8. The highest BCUT2D eigenvalue weighted by molar-refractivity contribution is 5.80. The fourth-order valence-corrected chi connectivity index (χ4v) is 5.02. The molecule has 0 spiro atoms. The lowest BCUT2D eigenvalue weighted by Gasteiger charge is -2.30. The van der Waals surface area contributed by atoms with Gasteiger partial charge < -0.3 is 25.0 Å². The van der Waals surface area contributed by atoms with E-state index in [1.807, 2.05) is 11.1 Å². The van der Waals surface area contributed by atoms with Crippen LogP contribution in [0.4, 0.5) is 0 Å². The highest BCUT2D eigenvalue weighted by atomic mass is 16.5. The van der Waals surface area contributed by atoms with Crippen molar-refractivity contribution in [3.63, 3.8) is 0 Å². The van der Waals surface area contributed by atoms with E-state index in [0.29, 0.717) is 18.4 Å². The Morgan fingerprint density at radius 2 is 2.04 bits per heavy atom. The fourth-order valence-electron chi connectivity index (χ4n) is 5.02. The zero-order valence-electron chi connectivity index (χ0n) is 17.1. The minimum absolute atomic E-state index is 0.0649. The van der Waals surface area contributed by atoms with Crippen LogP contribution < -0.4 is 5.32 Å². The third-order valence-electron chi connectivity index (χ3n) is 6.65. The molecular weight excluding hydrogens is 356 g/mol. The van der Waals surface area contributed by atoms with E-state index in [2.05, 4.69) is 29.1 Å². The summed E-state index contributed by atoms with van der Waals surface area (Å²) in [5.41, 5.74) is 0.942. The van der Waals surface area contributed by atoms with Gasteiger partial charge in [-0.1, -0.05) is 13.8 Å². The lowest BCUT2D eigenvalue weighted by molar-refractivity contribution is -0.137. The van der Waals surface area contributed by atoms with Crippen LogP contribution in [-0.4, -0.2) is 70.4 Å². The van der Waals surface area contributed by atoms with Crippen LogP contribution in [-0.2, 0) is 9.53 Å². The molecule has 156 valence electrons. The SMILES string of the molecule is CC(C)c1ncc([C@@H]2[C@H](O)[C@@H](C(=O)N3CCCC3)C[C@H]2NC2CCOCC2)[nH]1.